The van der Waals surface area contributed by atoms with Gasteiger partial charge in [0.1, 0.15) is 5.69 Å². The molecule has 2 aromatic rings. The Kier molecular flexibility index (Phi) is 4.56. The summed E-state index contributed by atoms with van der Waals surface area (Å²) in [7, 11) is 1.56. The highest BCUT2D eigenvalue weighted by Gasteiger charge is 2.11. The van der Waals surface area contributed by atoms with E-state index < -0.39 is 0 Å². The summed E-state index contributed by atoms with van der Waals surface area (Å²) in [5, 5.41) is 0. The fraction of sp³-hybridized carbons (Fsp3) is 0.312. The van der Waals surface area contributed by atoms with Gasteiger partial charge in [0, 0.05) is 12.1 Å². The molecule has 0 aromatic carbocycles. The Morgan fingerprint density at radius 3 is 2.80 bits per heavy atom. The number of aromatic nitrogens is 2. The van der Waals surface area contributed by atoms with Crippen LogP contribution in [0.25, 0.3) is 16.6 Å². The summed E-state index contributed by atoms with van der Waals surface area (Å²) in [6.07, 6.45) is 7.64. The molecule has 0 atom stereocenters. The number of ether oxygens (including phenoxy) is 1. The van der Waals surface area contributed by atoms with Crippen LogP contribution in [0.2, 0.25) is 0 Å². The lowest BCUT2D eigenvalue weighted by Gasteiger charge is -2.04. The monoisotopic (exact) mass is 274 g/mol. The van der Waals surface area contributed by atoms with Crippen LogP contribution < -0.4 is 4.74 Å². The minimum Gasteiger partial charge on any atom is -0.482 e. The average molecular weight is 274 g/mol. The lowest BCUT2D eigenvalue weighted by atomic mass is 10.1. The van der Waals surface area contributed by atoms with Crippen molar-refractivity contribution in [2.45, 2.75) is 26.7 Å². The second kappa shape index (κ2) is 6.37. The van der Waals surface area contributed by atoms with Crippen molar-refractivity contribution < 1.29 is 9.13 Å². The Bertz CT molecular complexity index is 656. The largest absolute Gasteiger partial charge is 0.482 e. The molecule has 2 aromatic heterocycles. The summed E-state index contributed by atoms with van der Waals surface area (Å²) in [6, 6.07) is 3.23. The Hall–Kier alpha value is -2.10. The van der Waals surface area contributed by atoms with Gasteiger partial charge in [-0.3, -0.25) is 0 Å². The van der Waals surface area contributed by atoms with E-state index in [2.05, 4.69) is 9.97 Å². The first-order valence-electron chi connectivity index (χ1n) is 6.79. The third-order valence-electron chi connectivity index (χ3n) is 2.98. The maximum atomic E-state index is 14.2. The van der Waals surface area contributed by atoms with Gasteiger partial charge < -0.3 is 9.72 Å². The summed E-state index contributed by atoms with van der Waals surface area (Å²) in [5.74, 6) is 0.247. The molecule has 4 heteroatoms. The van der Waals surface area contributed by atoms with Crippen LogP contribution in [0, 0.1) is 5.82 Å². The second-order valence-electron chi connectivity index (χ2n) is 4.47. The predicted molar refractivity (Wildman–Crippen MR) is 80.3 cm³/mol. The van der Waals surface area contributed by atoms with Crippen molar-refractivity contribution in [3.63, 3.8) is 0 Å². The third-order valence-corrected chi connectivity index (χ3v) is 2.98. The van der Waals surface area contributed by atoms with Crippen LogP contribution in [-0.4, -0.2) is 17.1 Å². The first-order valence-corrected chi connectivity index (χ1v) is 6.79. The molecule has 0 aliphatic rings. The van der Waals surface area contributed by atoms with E-state index in [9.17, 15) is 4.39 Å². The van der Waals surface area contributed by atoms with E-state index in [1.54, 1.807) is 13.2 Å². The Morgan fingerprint density at radius 1 is 1.35 bits per heavy atom. The van der Waals surface area contributed by atoms with E-state index in [0.29, 0.717) is 22.6 Å². The van der Waals surface area contributed by atoms with Crippen molar-refractivity contribution in [3.05, 3.63) is 41.9 Å². The summed E-state index contributed by atoms with van der Waals surface area (Å²) in [4.78, 5) is 7.37. The van der Waals surface area contributed by atoms with E-state index in [-0.39, 0.29) is 5.82 Å². The number of nitrogens with zero attached hydrogens (tertiary/aromatic N) is 1. The SMILES string of the molecule is CC/C=C\C(=C/CC)c1nc2cc(OC)[nH]c2cc1F. The quantitative estimate of drug-likeness (QED) is 0.817. The molecule has 3 nitrogen and oxygen atoms in total. The Balaban J connectivity index is 2.53. The maximum Gasteiger partial charge on any atom is 0.193 e. The zero-order valence-electron chi connectivity index (χ0n) is 12.0. The molecule has 1 N–H and O–H groups in total. The van der Waals surface area contributed by atoms with Crippen LogP contribution in [0.3, 0.4) is 0 Å². The van der Waals surface area contributed by atoms with Gasteiger partial charge in [-0.15, -0.1) is 0 Å². The zero-order valence-corrected chi connectivity index (χ0v) is 12.0. The van der Waals surface area contributed by atoms with Crippen LogP contribution in [0.4, 0.5) is 4.39 Å². The summed E-state index contributed by atoms with van der Waals surface area (Å²) < 4.78 is 19.3. The van der Waals surface area contributed by atoms with Gasteiger partial charge in [0.15, 0.2) is 11.7 Å². The minimum absolute atomic E-state index is 0.331. The molecule has 0 aliphatic carbocycles. The average Bonchev–Trinajstić information content (AvgIpc) is 2.84. The van der Waals surface area contributed by atoms with Crippen molar-refractivity contribution in [2.75, 3.05) is 7.11 Å². The minimum atomic E-state index is -0.331. The summed E-state index contributed by atoms with van der Waals surface area (Å²) in [6.45, 7) is 4.07. The van der Waals surface area contributed by atoms with Crippen molar-refractivity contribution >= 4 is 16.6 Å². The van der Waals surface area contributed by atoms with Crippen LogP contribution in [0.1, 0.15) is 32.4 Å². The molecule has 0 aliphatic heterocycles. The zero-order chi connectivity index (χ0) is 14.5. The van der Waals surface area contributed by atoms with Crippen molar-refractivity contribution in [1.29, 1.82) is 0 Å². The van der Waals surface area contributed by atoms with Crippen molar-refractivity contribution in [3.8, 4) is 5.88 Å². The maximum absolute atomic E-state index is 14.2. The highest BCUT2D eigenvalue weighted by Crippen LogP contribution is 2.25. The molecule has 20 heavy (non-hydrogen) atoms. The van der Waals surface area contributed by atoms with E-state index >= 15 is 0 Å². The highest BCUT2D eigenvalue weighted by atomic mass is 19.1. The summed E-state index contributed by atoms with van der Waals surface area (Å²) >= 11 is 0. The number of hydrogen-bond donors (Lipinski definition) is 1. The highest BCUT2D eigenvalue weighted by molar-refractivity contribution is 5.82. The van der Waals surface area contributed by atoms with Gasteiger partial charge in [0.05, 0.1) is 18.1 Å². The van der Waals surface area contributed by atoms with Crippen molar-refractivity contribution in [2.24, 2.45) is 0 Å². The van der Waals surface area contributed by atoms with Crippen molar-refractivity contribution in [1.82, 2.24) is 9.97 Å². The molecule has 0 radical (unpaired) electrons. The number of allylic oxidation sites excluding steroid dienone is 4. The molecule has 0 spiro atoms. The van der Waals surface area contributed by atoms with Gasteiger partial charge in [0.2, 0.25) is 0 Å². The Morgan fingerprint density at radius 2 is 2.15 bits per heavy atom. The number of fused-ring (bicyclic) bond motifs is 1. The van der Waals surface area contributed by atoms with Gasteiger partial charge in [-0.2, -0.15) is 0 Å². The van der Waals surface area contributed by atoms with Crippen LogP contribution in [-0.2, 0) is 0 Å². The van der Waals surface area contributed by atoms with Crippen LogP contribution in [0.5, 0.6) is 5.88 Å². The molecule has 2 rings (SSSR count). The van der Waals surface area contributed by atoms with Gasteiger partial charge in [-0.25, -0.2) is 9.37 Å². The van der Waals surface area contributed by atoms with Crippen LogP contribution >= 0.6 is 0 Å². The van der Waals surface area contributed by atoms with E-state index in [1.807, 2.05) is 32.1 Å². The molecule has 106 valence electrons. The number of pyridine rings is 1. The first-order chi connectivity index (χ1) is 9.69. The molecule has 0 fully saturated rings. The molecular weight excluding hydrogens is 255 g/mol. The topological polar surface area (TPSA) is 37.9 Å². The van der Waals surface area contributed by atoms with Gasteiger partial charge in [0.25, 0.3) is 0 Å². The molecule has 0 unspecified atom stereocenters. The number of H-pyrrole nitrogens is 1. The van der Waals surface area contributed by atoms with Gasteiger partial charge in [-0.1, -0.05) is 32.1 Å². The number of nitrogens with one attached hydrogen (secondary N) is 1. The number of hydrogen-bond acceptors (Lipinski definition) is 2. The Labute approximate surface area is 118 Å². The van der Waals surface area contributed by atoms with E-state index in [0.717, 1.165) is 18.4 Å². The number of rotatable bonds is 5. The second-order valence-corrected chi connectivity index (χ2v) is 4.47. The van der Waals surface area contributed by atoms with Gasteiger partial charge in [-0.05, 0) is 18.4 Å². The summed E-state index contributed by atoms with van der Waals surface area (Å²) in [5.41, 5.74) is 2.53. The first kappa shape index (κ1) is 14.3. The smallest absolute Gasteiger partial charge is 0.193 e. The molecule has 0 saturated heterocycles. The molecule has 0 bridgehead atoms. The van der Waals surface area contributed by atoms with E-state index in [1.165, 1.54) is 6.07 Å². The fourth-order valence-corrected chi connectivity index (χ4v) is 2.03. The molecule has 0 saturated carbocycles. The molecular formula is C16H19FN2O. The number of aromatic amines is 1. The van der Waals surface area contributed by atoms with Crippen LogP contribution in [0.15, 0.2) is 30.4 Å². The molecule has 2 heterocycles. The number of halogens is 1. The fourth-order valence-electron chi connectivity index (χ4n) is 2.03. The lowest BCUT2D eigenvalue weighted by molar-refractivity contribution is 0.401. The lowest BCUT2D eigenvalue weighted by Crippen LogP contribution is -1.93. The number of methoxy groups -OCH3 is 1. The molecule has 0 amide bonds. The third kappa shape index (κ3) is 2.90. The normalized spacial score (nSPS) is 12.5. The predicted octanol–water partition coefficient (Wildman–Crippen LogP) is 4.47. The van der Waals surface area contributed by atoms with E-state index in [4.69, 9.17) is 4.74 Å². The standard InChI is InChI=1S/C16H19FN2O/c1-4-6-8-11(7-5-2)16-12(17)9-13-14(19-16)10-15(18-13)20-3/h6-10,18H,4-5H2,1-3H3/b8-6-,11-7+. The van der Waals surface area contributed by atoms with Gasteiger partial charge >= 0.3 is 0 Å².